The summed E-state index contributed by atoms with van der Waals surface area (Å²) in [6, 6.07) is 6.30. The van der Waals surface area contributed by atoms with Crippen LogP contribution < -0.4 is 4.74 Å². The first-order chi connectivity index (χ1) is 10.8. The smallest absolute Gasteiger partial charge is 0.140 e. The molecule has 0 unspecified atom stereocenters. The summed E-state index contributed by atoms with van der Waals surface area (Å²) in [6.07, 6.45) is 1.26. The Kier molecular flexibility index (Phi) is 7.47. The third-order valence-electron chi connectivity index (χ3n) is 4.18. The lowest BCUT2D eigenvalue weighted by Gasteiger charge is -2.20. The van der Waals surface area contributed by atoms with Gasteiger partial charge in [-0.25, -0.2) is 0 Å². The van der Waals surface area contributed by atoms with Gasteiger partial charge in [0.2, 0.25) is 0 Å². The zero-order valence-electron chi connectivity index (χ0n) is 15.3. The molecule has 0 aliphatic rings. The van der Waals surface area contributed by atoms with Crippen molar-refractivity contribution in [1.29, 1.82) is 0 Å². The van der Waals surface area contributed by atoms with Crippen LogP contribution in [0.15, 0.2) is 18.2 Å². The predicted octanol–water partition coefficient (Wildman–Crippen LogP) is 4.89. The van der Waals surface area contributed by atoms with Crippen LogP contribution >= 0.6 is 0 Å². The number of carbonyl (C=O) groups excluding carboxylic acids is 2. The summed E-state index contributed by atoms with van der Waals surface area (Å²) in [4.78, 5) is 22.9. The van der Waals surface area contributed by atoms with Gasteiger partial charge in [0.05, 0.1) is 12.5 Å². The molecule has 1 rings (SSSR count). The molecule has 0 saturated heterocycles. The minimum Gasteiger partial charge on any atom is -0.493 e. The number of carbonyl (C=O) groups is 2. The summed E-state index contributed by atoms with van der Waals surface area (Å²) in [5, 5.41) is 0. The maximum Gasteiger partial charge on any atom is 0.140 e. The first-order valence-corrected chi connectivity index (χ1v) is 8.52. The number of rotatable bonds is 9. The molecule has 0 aromatic heterocycles. The molecule has 0 amide bonds. The molecule has 0 bridgehead atoms. The lowest BCUT2D eigenvalue weighted by molar-refractivity contribution is -0.130. The van der Waals surface area contributed by atoms with Crippen molar-refractivity contribution < 1.29 is 14.3 Å². The molecule has 3 heteroatoms. The van der Waals surface area contributed by atoms with Gasteiger partial charge in [-0.15, -0.1) is 0 Å². The number of para-hydroxylation sites is 1. The monoisotopic (exact) mass is 318 g/mol. The summed E-state index contributed by atoms with van der Waals surface area (Å²) >= 11 is 0. The summed E-state index contributed by atoms with van der Waals surface area (Å²) in [6.45, 7) is 12.1. The topological polar surface area (TPSA) is 43.4 Å². The van der Waals surface area contributed by atoms with Crippen LogP contribution in [-0.2, 0) is 9.59 Å². The van der Waals surface area contributed by atoms with Gasteiger partial charge in [0.15, 0.2) is 0 Å². The third-order valence-corrected chi connectivity index (χ3v) is 4.18. The number of Topliss-reactive ketones (excluding diaryl/α,β-unsaturated/α-hetero) is 2. The van der Waals surface area contributed by atoms with Gasteiger partial charge in [-0.1, -0.05) is 45.9 Å². The van der Waals surface area contributed by atoms with E-state index in [9.17, 15) is 9.59 Å². The molecule has 0 spiro atoms. The van der Waals surface area contributed by atoms with Crippen molar-refractivity contribution >= 4 is 11.6 Å². The van der Waals surface area contributed by atoms with Gasteiger partial charge in [-0.2, -0.15) is 0 Å². The Labute approximate surface area is 140 Å². The molecular formula is C20H30O3. The molecule has 0 heterocycles. The summed E-state index contributed by atoms with van der Waals surface area (Å²) in [5.41, 5.74) is 2.43. The number of hydrogen-bond donors (Lipinski definition) is 0. The quantitative estimate of drug-likeness (QED) is 0.481. The van der Waals surface area contributed by atoms with Crippen molar-refractivity contribution in [2.45, 2.75) is 66.2 Å². The Morgan fingerprint density at radius 3 is 1.83 bits per heavy atom. The number of hydrogen-bond acceptors (Lipinski definition) is 3. The van der Waals surface area contributed by atoms with Crippen LogP contribution in [0, 0.1) is 5.92 Å². The predicted molar refractivity (Wildman–Crippen MR) is 94.2 cm³/mol. The molecule has 23 heavy (non-hydrogen) atoms. The van der Waals surface area contributed by atoms with Gasteiger partial charge < -0.3 is 4.74 Å². The molecule has 0 aliphatic heterocycles. The average molecular weight is 318 g/mol. The average Bonchev–Trinajstić information content (AvgIpc) is 2.45. The van der Waals surface area contributed by atoms with Crippen molar-refractivity contribution in [3.8, 4) is 5.75 Å². The van der Waals surface area contributed by atoms with Crippen LogP contribution in [0.3, 0.4) is 0 Å². The Balaban J connectivity index is 2.77. The maximum atomic E-state index is 11.5. The Morgan fingerprint density at radius 1 is 0.957 bits per heavy atom. The van der Waals surface area contributed by atoms with E-state index in [4.69, 9.17) is 4.74 Å². The summed E-state index contributed by atoms with van der Waals surface area (Å²) < 4.78 is 6.08. The first kappa shape index (κ1) is 19.4. The molecule has 0 N–H and O–H groups in total. The van der Waals surface area contributed by atoms with E-state index >= 15 is 0 Å². The normalized spacial score (nSPS) is 11.3. The van der Waals surface area contributed by atoms with Crippen molar-refractivity contribution in [2.24, 2.45) is 5.92 Å². The second-order valence-corrected chi connectivity index (χ2v) is 6.84. The molecule has 1 aromatic rings. The van der Waals surface area contributed by atoms with Crippen LogP contribution in [0.5, 0.6) is 5.75 Å². The molecule has 1 aromatic carbocycles. The Morgan fingerprint density at radius 2 is 1.43 bits per heavy atom. The minimum atomic E-state index is -0.483. The highest BCUT2D eigenvalue weighted by molar-refractivity contribution is 6.00. The zero-order valence-corrected chi connectivity index (χ0v) is 15.3. The Bertz CT molecular complexity index is 504. The molecular weight excluding hydrogens is 288 g/mol. The van der Waals surface area contributed by atoms with Crippen molar-refractivity contribution in [3.05, 3.63) is 29.3 Å². The molecule has 0 radical (unpaired) electrons. The van der Waals surface area contributed by atoms with Gasteiger partial charge >= 0.3 is 0 Å². The van der Waals surface area contributed by atoms with Crippen molar-refractivity contribution in [1.82, 2.24) is 0 Å². The summed E-state index contributed by atoms with van der Waals surface area (Å²) in [7, 11) is 0. The standard InChI is InChI=1S/C20H30O3/c1-13(2)17-9-7-10-18(14(3)4)20(17)23-12-8-11-19(15(5)21)16(6)22/h7,9-10,13-14,19H,8,11-12H2,1-6H3. The molecule has 128 valence electrons. The molecule has 0 atom stereocenters. The second-order valence-electron chi connectivity index (χ2n) is 6.84. The van der Waals surface area contributed by atoms with E-state index in [1.807, 2.05) is 0 Å². The van der Waals surface area contributed by atoms with E-state index in [1.165, 1.54) is 25.0 Å². The maximum absolute atomic E-state index is 11.5. The lowest BCUT2D eigenvalue weighted by Crippen LogP contribution is -2.20. The van der Waals surface area contributed by atoms with E-state index in [0.29, 0.717) is 31.3 Å². The number of benzene rings is 1. The van der Waals surface area contributed by atoms with Crippen molar-refractivity contribution in [3.63, 3.8) is 0 Å². The Hall–Kier alpha value is -1.64. The van der Waals surface area contributed by atoms with E-state index in [-0.39, 0.29) is 11.6 Å². The van der Waals surface area contributed by atoms with Crippen LogP contribution in [0.4, 0.5) is 0 Å². The summed E-state index contributed by atoms with van der Waals surface area (Å²) in [5.74, 6) is 1.17. The molecule has 0 fully saturated rings. The fourth-order valence-electron chi connectivity index (χ4n) is 2.80. The molecule has 0 aliphatic carbocycles. The fraction of sp³-hybridized carbons (Fsp3) is 0.600. The van der Waals surface area contributed by atoms with Gasteiger partial charge in [0, 0.05) is 0 Å². The van der Waals surface area contributed by atoms with E-state index < -0.39 is 5.92 Å². The highest BCUT2D eigenvalue weighted by Gasteiger charge is 2.19. The van der Waals surface area contributed by atoms with Gasteiger partial charge in [0.1, 0.15) is 17.3 Å². The number of ether oxygens (including phenoxy) is 1. The minimum absolute atomic E-state index is 0.0528. The highest BCUT2D eigenvalue weighted by Crippen LogP contribution is 2.34. The SMILES string of the molecule is CC(=O)C(CCCOc1c(C(C)C)cccc1C(C)C)C(C)=O. The van der Waals surface area contributed by atoms with E-state index in [0.717, 1.165) is 5.75 Å². The number of ketones is 2. The lowest BCUT2D eigenvalue weighted by atomic mass is 9.94. The molecule has 0 saturated carbocycles. The van der Waals surface area contributed by atoms with E-state index in [1.54, 1.807) is 0 Å². The van der Waals surface area contributed by atoms with Gasteiger partial charge in [-0.3, -0.25) is 9.59 Å². The zero-order chi connectivity index (χ0) is 17.6. The highest BCUT2D eigenvalue weighted by atomic mass is 16.5. The fourth-order valence-corrected chi connectivity index (χ4v) is 2.80. The van der Waals surface area contributed by atoms with Crippen LogP contribution in [0.2, 0.25) is 0 Å². The van der Waals surface area contributed by atoms with Crippen LogP contribution in [0.25, 0.3) is 0 Å². The second kappa shape index (κ2) is 8.85. The van der Waals surface area contributed by atoms with E-state index in [2.05, 4.69) is 45.9 Å². The molecule has 3 nitrogen and oxygen atoms in total. The van der Waals surface area contributed by atoms with Gasteiger partial charge in [0.25, 0.3) is 0 Å². The largest absolute Gasteiger partial charge is 0.493 e. The van der Waals surface area contributed by atoms with Gasteiger partial charge in [-0.05, 0) is 49.7 Å². The van der Waals surface area contributed by atoms with Crippen LogP contribution in [-0.4, -0.2) is 18.2 Å². The van der Waals surface area contributed by atoms with Crippen LogP contribution in [0.1, 0.15) is 77.3 Å². The van der Waals surface area contributed by atoms with Crippen molar-refractivity contribution in [2.75, 3.05) is 6.61 Å². The third kappa shape index (κ3) is 5.49. The first-order valence-electron chi connectivity index (χ1n) is 8.52.